The summed E-state index contributed by atoms with van der Waals surface area (Å²) in [6.07, 6.45) is 5.64. The molecule has 1 aromatic rings. The van der Waals surface area contributed by atoms with Crippen LogP contribution in [-0.4, -0.2) is 65.6 Å². The third-order valence-electron chi connectivity index (χ3n) is 7.10. The molecule has 4 atom stereocenters. The number of amides is 1. The van der Waals surface area contributed by atoms with E-state index >= 15 is 0 Å². The zero-order valence-electron chi connectivity index (χ0n) is 19.0. The van der Waals surface area contributed by atoms with E-state index in [0.717, 1.165) is 30.4 Å². The summed E-state index contributed by atoms with van der Waals surface area (Å²) in [7, 11) is 1.96. The molecule has 170 valence electrons. The van der Waals surface area contributed by atoms with Crippen molar-refractivity contribution in [2.24, 2.45) is 0 Å². The third-order valence-corrected chi connectivity index (χ3v) is 7.10. The molecular formula is C24H37N5O2. The minimum atomic E-state index is -0.797. The molecule has 0 spiro atoms. The van der Waals surface area contributed by atoms with Crippen molar-refractivity contribution in [3.05, 3.63) is 47.7 Å². The fourth-order valence-electron chi connectivity index (χ4n) is 4.98. The van der Waals surface area contributed by atoms with E-state index in [9.17, 15) is 9.90 Å². The van der Waals surface area contributed by atoms with Crippen molar-refractivity contribution in [3.8, 4) is 0 Å². The van der Waals surface area contributed by atoms with Crippen molar-refractivity contribution in [3.63, 3.8) is 0 Å². The Morgan fingerprint density at radius 2 is 2.16 bits per heavy atom. The van der Waals surface area contributed by atoms with Gasteiger partial charge in [-0.1, -0.05) is 25.6 Å². The van der Waals surface area contributed by atoms with Crippen LogP contribution in [0.1, 0.15) is 54.6 Å². The second-order valence-corrected chi connectivity index (χ2v) is 8.92. The van der Waals surface area contributed by atoms with Gasteiger partial charge in [0.05, 0.1) is 29.6 Å². The zero-order valence-corrected chi connectivity index (χ0v) is 19.0. The molecule has 1 aliphatic carbocycles. The molecule has 5 N–H and O–H groups in total. The number of fused-ring (bicyclic) bond motifs is 1. The van der Waals surface area contributed by atoms with Gasteiger partial charge in [-0.05, 0) is 63.0 Å². The standard InChI is InChI=1S/C24H37N5O2/c1-5-21(25)28-20(14-26-6-2)24(3)22(30)19(15-29(24)4)27-23(31)18-13-9-11-16-10-7-8-12-17(16)18/h6,9,11,13,19-20,22,26,30H,2,5,7-8,10,12,14-15H2,1,3-4H3,(H2,25,28)(H,27,31). The number of likely N-dealkylation sites (N-methyl/N-ethyl adjacent to an activating group) is 1. The van der Waals surface area contributed by atoms with E-state index in [2.05, 4.69) is 33.5 Å². The Morgan fingerprint density at radius 3 is 2.87 bits per heavy atom. The minimum absolute atomic E-state index is 0.115. The number of aryl methyl sites for hydroxylation is 1. The summed E-state index contributed by atoms with van der Waals surface area (Å²) >= 11 is 0. The molecule has 0 bridgehead atoms. The fourth-order valence-corrected chi connectivity index (χ4v) is 4.98. The van der Waals surface area contributed by atoms with Crippen LogP contribution in [0.3, 0.4) is 0 Å². The van der Waals surface area contributed by atoms with Crippen molar-refractivity contribution >= 4 is 11.7 Å². The molecule has 3 rings (SSSR count). The van der Waals surface area contributed by atoms with E-state index < -0.39 is 17.7 Å². The number of nitrogens with zero attached hydrogens (tertiary/aromatic N) is 1. The van der Waals surface area contributed by atoms with Crippen LogP contribution in [0.25, 0.3) is 0 Å². The number of aliphatic hydroxyl groups is 1. The number of amidine groups is 1. The topological polar surface area (TPSA) is 100 Å². The quantitative estimate of drug-likeness (QED) is 0.322. The highest BCUT2D eigenvalue weighted by atomic mass is 16.3. The maximum absolute atomic E-state index is 13.2. The van der Waals surface area contributed by atoms with Crippen LogP contribution in [-0.2, 0) is 12.8 Å². The molecule has 0 radical (unpaired) electrons. The van der Waals surface area contributed by atoms with Gasteiger partial charge >= 0.3 is 0 Å². The van der Waals surface area contributed by atoms with Gasteiger partial charge in [-0.15, -0.1) is 0 Å². The molecule has 31 heavy (non-hydrogen) atoms. The maximum atomic E-state index is 13.2. The SMILES string of the molecule is C=CNCC(NC(=N)CC)C1(C)C(O)C(NC(=O)c2cccc3c2CCCC3)CN1C. The number of nitrogens with one attached hydrogen (secondary N) is 4. The van der Waals surface area contributed by atoms with Crippen LogP contribution in [0, 0.1) is 5.41 Å². The number of benzene rings is 1. The van der Waals surface area contributed by atoms with Gasteiger partial charge in [-0.25, -0.2) is 0 Å². The lowest BCUT2D eigenvalue weighted by atomic mass is 9.85. The summed E-state index contributed by atoms with van der Waals surface area (Å²) < 4.78 is 0. The van der Waals surface area contributed by atoms with E-state index in [4.69, 9.17) is 5.41 Å². The van der Waals surface area contributed by atoms with Gasteiger partial charge in [-0.3, -0.25) is 15.1 Å². The summed E-state index contributed by atoms with van der Waals surface area (Å²) in [5.41, 5.74) is 2.48. The zero-order chi connectivity index (χ0) is 22.6. The minimum Gasteiger partial charge on any atom is -0.389 e. The first-order valence-corrected chi connectivity index (χ1v) is 11.3. The summed E-state index contributed by atoms with van der Waals surface area (Å²) in [6.45, 7) is 8.67. The van der Waals surface area contributed by atoms with E-state index in [0.29, 0.717) is 25.3 Å². The first kappa shape index (κ1) is 23.3. The summed E-state index contributed by atoms with van der Waals surface area (Å²) in [5.74, 6) is 0.302. The number of hydrogen-bond acceptors (Lipinski definition) is 5. The molecule has 7 heteroatoms. The smallest absolute Gasteiger partial charge is 0.251 e. The summed E-state index contributed by atoms with van der Waals surface area (Å²) in [5, 5.41) is 28.9. The molecule has 1 fully saturated rings. The average Bonchev–Trinajstić information content (AvgIpc) is 2.99. The van der Waals surface area contributed by atoms with Gasteiger partial charge in [0.25, 0.3) is 5.91 Å². The predicted molar refractivity (Wildman–Crippen MR) is 125 cm³/mol. The Bertz CT molecular complexity index is 826. The average molecular weight is 428 g/mol. The van der Waals surface area contributed by atoms with Crippen LogP contribution < -0.4 is 16.0 Å². The van der Waals surface area contributed by atoms with Gasteiger partial charge in [0.15, 0.2) is 0 Å². The van der Waals surface area contributed by atoms with E-state index in [1.165, 1.54) is 12.0 Å². The van der Waals surface area contributed by atoms with Crippen LogP contribution in [0.4, 0.5) is 0 Å². The second kappa shape index (κ2) is 9.83. The Balaban J connectivity index is 1.79. The van der Waals surface area contributed by atoms with Crippen LogP contribution >= 0.6 is 0 Å². The first-order valence-electron chi connectivity index (χ1n) is 11.3. The Morgan fingerprint density at radius 1 is 1.42 bits per heavy atom. The fraction of sp³-hybridized carbons (Fsp3) is 0.583. The molecule has 1 amide bonds. The van der Waals surface area contributed by atoms with E-state index in [1.807, 2.05) is 33.0 Å². The Hall–Kier alpha value is -2.38. The van der Waals surface area contributed by atoms with Crippen LogP contribution in [0.5, 0.6) is 0 Å². The van der Waals surface area contributed by atoms with Gasteiger partial charge in [0.1, 0.15) is 0 Å². The number of hydrogen-bond donors (Lipinski definition) is 5. The Labute approximate surface area is 185 Å². The van der Waals surface area contributed by atoms with Crippen molar-refractivity contribution < 1.29 is 9.90 Å². The highest BCUT2D eigenvalue weighted by Gasteiger charge is 2.53. The normalized spacial score (nSPS) is 26.6. The number of carbonyl (C=O) groups is 1. The molecule has 7 nitrogen and oxygen atoms in total. The molecule has 1 heterocycles. The maximum Gasteiger partial charge on any atom is 0.251 e. The van der Waals surface area contributed by atoms with Gasteiger partial charge in [-0.2, -0.15) is 0 Å². The molecule has 2 aliphatic rings. The lowest BCUT2D eigenvalue weighted by molar-refractivity contribution is 0.0219. The van der Waals surface area contributed by atoms with Gasteiger partial charge in [0, 0.05) is 25.1 Å². The number of rotatable bonds is 8. The van der Waals surface area contributed by atoms with Gasteiger partial charge < -0.3 is 21.1 Å². The lowest BCUT2D eigenvalue weighted by Gasteiger charge is -2.43. The first-order chi connectivity index (χ1) is 14.8. The molecule has 1 aromatic carbocycles. The summed E-state index contributed by atoms with van der Waals surface area (Å²) in [4.78, 5) is 15.3. The van der Waals surface area contributed by atoms with E-state index in [1.54, 1.807) is 6.20 Å². The monoisotopic (exact) mass is 427 g/mol. The predicted octanol–water partition coefficient (Wildman–Crippen LogP) is 1.81. The number of carbonyl (C=O) groups excluding carboxylic acids is 1. The van der Waals surface area contributed by atoms with Crippen LogP contribution in [0.15, 0.2) is 31.0 Å². The van der Waals surface area contributed by atoms with Crippen molar-refractivity contribution in [1.29, 1.82) is 5.41 Å². The highest BCUT2D eigenvalue weighted by Crippen LogP contribution is 2.32. The molecule has 0 aromatic heterocycles. The summed E-state index contributed by atoms with van der Waals surface area (Å²) in [6, 6.07) is 5.34. The molecule has 4 unspecified atom stereocenters. The number of aliphatic hydroxyl groups excluding tert-OH is 1. The molecular weight excluding hydrogens is 390 g/mol. The second-order valence-electron chi connectivity index (χ2n) is 8.92. The van der Waals surface area contributed by atoms with Crippen molar-refractivity contribution in [2.45, 2.75) is 69.7 Å². The molecule has 0 saturated carbocycles. The lowest BCUT2D eigenvalue weighted by Crippen LogP contribution is -2.65. The van der Waals surface area contributed by atoms with E-state index in [-0.39, 0.29) is 11.9 Å². The highest BCUT2D eigenvalue weighted by molar-refractivity contribution is 5.96. The third kappa shape index (κ3) is 4.62. The Kier molecular flexibility index (Phi) is 7.38. The van der Waals surface area contributed by atoms with Crippen molar-refractivity contribution in [2.75, 3.05) is 20.1 Å². The van der Waals surface area contributed by atoms with Crippen molar-refractivity contribution in [1.82, 2.24) is 20.9 Å². The van der Waals surface area contributed by atoms with Gasteiger partial charge in [0.2, 0.25) is 0 Å². The molecule has 1 aliphatic heterocycles. The number of likely N-dealkylation sites (tertiary alicyclic amines) is 1. The molecule has 1 saturated heterocycles. The van der Waals surface area contributed by atoms with Crippen LogP contribution in [0.2, 0.25) is 0 Å². The largest absolute Gasteiger partial charge is 0.389 e.